The van der Waals surface area contributed by atoms with Crippen LogP contribution in [0.2, 0.25) is 0 Å². The monoisotopic (exact) mass is 370 g/mol. The summed E-state index contributed by atoms with van der Waals surface area (Å²) in [6.07, 6.45) is 3.69. The molecule has 1 saturated heterocycles. The third kappa shape index (κ3) is 5.04. The molecule has 3 rings (SSSR count). The quantitative estimate of drug-likeness (QED) is 0.784. The molecule has 6 heteroatoms. The van der Waals surface area contributed by atoms with E-state index in [2.05, 4.69) is 9.88 Å². The van der Waals surface area contributed by atoms with Gasteiger partial charge in [-0.2, -0.15) is 0 Å². The van der Waals surface area contributed by atoms with Gasteiger partial charge < -0.3 is 9.80 Å². The third-order valence-electron chi connectivity index (χ3n) is 4.95. The Bertz CT molecular complexity index is 755. The van der Waals surface area contributed by atoms with Crippen LogP contribution in [0.5, 0.6) is 0 Å². The standard InChI is InChI=1S/C21H27FN4O/c1-24(2)20-19(6-3-11-23-20)21(27)26-15-13-25(14-16-26)12-4-5-17-7-9-18(22)10-8-17/h3,6-11H,4-5,12-16H2,1-2H3. The number of pyridine rings is 1. The van der Waals surface area contributed by atoms with Crippen molar-refractivity contribution in [2.75, 3.05) is 51.7 Å². The Morgan fingerprint density at radius 1 is 1.11 bits per heavy atom. The van der Waals surface area contributed by atoms with Crippen molar-refractivity contribution in [3.63, 3.8) is 0 Å². The minimum atomic E-state index is -0.189. The van der Waals surface area contributed by atoms with Crippen molar-refractivity contribution >= 4 is 11.7 Å². The molecule has 0 atom stereocenters. The van der Waals surface area contributed by atoms with Gasteiger partial charge in [-0.15, -0.1) is 0 Å². The van der Waals surface area contributed by atoms with E-state index in [1.54, 1.807) is 6.20 Å². The van der Waals surface area contributed by atoms with E-state index in [-0.39, 0.29) is 11.7 Å². The van der Waals surface area contributed by atoms with Gasteiger partial charge in [0.2, 0.25) is 0 Å². The molecule has 0 spiro atoms. The van der Waals surface area contributed by atoms with E-state index in [9.17, 15) is 9.18 Å². The van der Waals surface area contributed by atoms with Crippen molar-refractivity contribution in [3.05, 3.63) is 59.5 Å². The number of halogens is 1. The van der Waals surface area contributed by atoms with E-state index in [4.69, 9.17) is 0 Å². The van der Waals surface area contributed by atoms with Crippen molar-refractivity contribution in [2.24, 2.45) is 0 Å². The lowest BCUT2D eigenvalue weighted by molar-refractivity contribution is 0.0636. The molecule has 0 radical (unpaired) electrons. The summed E-state index contributed by atoms with van der Waals surface area (Å²) in [5.74, 6) is 0.576. The number of carbonyl (C=O) groups excluding carboxylic acids is 1. The molecule has 0 unspecified atom stereocenters. The van der Waals surface area contributed by atoms with Crippen LogP contribution >= 0.6 is 0 Å². The van der Waals surface area contributed by atoms with Gasteiger partial charge in [0, 0.05) is 46.5 Å². The highest BCUT2D eigenvalue weighted by Gasteiger charge is 2.24. The summed E-state index contributed by atoms with van der Waals surface area (Å²) < 4.78 is 12.9. The van der Waals surface area contributed by atoms with Crippen LogP contribution in [0.1, 0.15) is 22.3 Å². The largest absolute Gasteiger partial charge is 0.362 e. The highest BCUT2D eigenvalue weighted by Crippen LogP contribution is 2.18. The second-order valence-corrected chi connectivity index (χ2v) is 7.13. The van der Waals surface area contributed by atoms with Crippen LogP contribution in [0.15, 0.2) is 42.6 Å². The molecule has 0 N–H and O–H groups in total. The maximum Gasteiger partial charge on any atom is 0.257 e. The predicted octanol–water partition coefficient (Wildman–Crippen LogP) is 2.68. The van der Waals surface area contributed by atoms with Crippen LogP contribution < -0.4 is 4.90 Å². The van der Waals surface area contributed by atoms with Crippen LogP contribution in [-0.2, 0) is 6.42 Å². The number of nitrogens with zero attached hydrogens (tertiary/aromatic N) is 4. The Hall–Kier alpha value is -2.47. The molecule has 0 aliphatic carbocycles. The minimum absolute atomic E-state index is 0.0535. The minimum Gasteiger partial charge on any atom is -0.362 e. The van der Waals surface area contributed by atoms with Gasteiger partial charge in [0.05, 0.1) is 5.56 Å². The molecule has 0 saturated carbocycles. The van der Waals surface area contributed by atoms with Gasteiger partial charge >= 0.3 is 0 Å². The molecule has 1 amide bonds. The van der Waals surface area contributed by atoms with Gasteiger partial charge in [-0.1, -0.05) is 12.1 Å². The smallest absolute Gasteiger partial charge is 0.257 e. The number of amides is 1. The van der Waals surface area contributed by atoms with E-state index >= 15 is 0 Å². The molecular weight excluding hydrogens is 343 g/mol. The summed E-state index contributed by atoms with van der Waals surface area (Å²) in [4.78, 5) is 23.4. The summed E-state index contributed by atoms with van der Waals surface area (Å²) in [7, 11) is 3.80. The average molecular weight is 370 g/mol. The molecule has 2 heterocycles. The van der Waals surface area contributed by atoms with Gasteiger partial charge in [-0.05, 0) is 49.2 Å². The lowest BCUT2D eigenvalue weighted by atomic mass is 10.1. The SMILES string of the molecule is CN(C)c1ncccc1C(=O)N1CCN(CCCc2ccc(F)cc2)CC1. The zero-order chi connectivity index (χ0) is 19.2. The van der Waals surface area contributed by atoms with Crippen molar-refractivity contribution in [2.45, 2.75) is 12.8 Å². The zero-order valence-corrected chi connectivity index (χ0v) is 16.1. The van der Waals surface area contributed by atoms with Gasteiger partial charge in [-0.3, -0.25) is 9.69 Å². The molecule has 1 aromatic heterocycles. The summed E-state index contributed by atoms with van der Waals surface area (Å²) in [5, 5.41) is 0. The number of piperazine rings is 1. The first-order valence-electron chi connectivity index (χ1n) is 9.43. The number of anilines is 1. The van der Waals surface area contributed by atoms with Crippen LogP contribution in [0.3, 0.4) is 0 Å². The highest BCUT2D eigenvalue weighted by atomic mass is 19.1. The third-order valence-corrected chi connectivity index (χ3v) is 4.95. The molecule has 1 fully saturated rings. The maximum atomic E-state index is 12.9. The van der Waals surface area contributed by atoms with Gasteiger partial charge in [0.15, 0.2) is 0 Å². The number of rotatable bonds is 6. The Labute approximate surface area is 160 Å². The second-order valence-electron chi connectivity index (χ2n) is 7.13. The summed E-state index contributed by atoms with van der Waals surface area (Å²) in [5.41, 5.74) is 1.82. The predicted molar refractivity (Wildman–Crippen MR) is 106 cm³/mol. The molecular formula is C21H27FN4O. The van der Waals surface area contributed by atoms with Gasteiger partial charge in [0.1, 0.15) is 11.6 Å². The Morgan fingerprint density at radius 3 is 2.48 bits per heavy atom. The van der Waals surface area contributed by atoms with Crippen LogP contribution in [-0.4, -0.2) is 67.5 Å². The van der Waals surface area contributed by atoms with E-state index in [1.165, 1.54) is 12.1 Å². The number of benzene rings is 1. The Kier molecular flexibility index (Phi) is 6.40. The number of carbonyl (C=O) groups is 1. The summed E-state index contributed by atoms with van der Waals surface area (Å²) >= 11 is 0. The first-order valence-corrected chi connectivity index (χ1v) is 9.43. The topological polar surface area (TPSA) is 39.7 Å². The number of hydrogen-bond acceptors (Lipinski definition) is 4. The molecule has 1 aliphatic heterocycles. The van der Waals surface area contributed by atoms with E-state index < -0.39 is 0 Å². The fraction of sp³-hybridized carbons (Fsp3) is 0.429. The van der Waals surface area contributed by atoms with Gasteiger partial charge in [0.25, 0.3) is 5.91 Å². The fourth-order valence-electron chi connectivity index (χ4n) is 3.42. The number of hydrogen-bond donors (Lipinski definition) is 0. The molecule has 27 heavy (non-hydrogen) atoms. The van der Waals surface area contributed by atoms with Crippen LogP contribution in [0.25, 0.3) is 0 Å². The Morgan fingerprint density at radius 2 is 1.81 bits per heavy atom. The van der Waals surface area contributed by atoms with Crippen molar-refractivity contribution in [1.82, 2.24) is 14.8 Å². The second kappa shape index (κ2) is 8.95. The molecule has 144 valence electrons. The summed E-state index contributed by atoms with van der Waals surface area (Å²) in [6.45, 7) is 4.23. The molecule has 1 aromatic carbocycles. The maximum absolute atomic E-state index is 12.9. The van der Waals surface area contributed by atoms with E-state index in [0.29, 0.717) is 11.4 Å². The molecule has 2 aromatic rings. The van der Waals surface area contributed by atoms with Crippen molar-refractivity contribution in [3.8, 4) is 0 Å². The molecule has 1 aliphatic rings. The first kappa shape index (κ1) is 19.3. The molecule has 5 nitrogen and oxygen atoms in total. The van der Waals surface area contributed by atoms with Crippen molar-refractivity contribution in [1.29, 1.82) is 0 Å². The first-order chi connectivity index (χ1) is 13.0. The number of aryl methyl sites for hydroxylation is 1. The summed E-state index contributed by atoms with van der Waals surface area (Å²) in [6, 6.07) is 10.4. The zero-order valence-electron chi connectivity index (χ0n) is 16.1. The van der Waals surface area contributed by atoms with E-state index in [0.717, 1.165) is 51.1 Å². The van der Waals surface area contributed by atoms with Crippen molar-refractivity contribution < 1.29 is 9.18 Å². The fourth-order valence-corrected chi connectivity index (χ4v) is 3.42. The van der Waals surface area contributed by atoms with Crippen LogP contribution in [0, 0.1) is 5.82 Å². The normalized spacial score (nSPS) is 15.0. The van der Waals surface area contributed by atoms with E-state index in [1.807, 2.05) is 48.2 Å². The van der Waals surface area contributed by atoms with Gasteiger partial charge in [-0.25, -0.2) is 9.37 Å². The highest BCUT2D eigenvalue weighted by molar-refractivity contribution is 5.98. The average Bonchev–Trinajstić information content (AvgIpc) is 2.69. The lowest BCUT2D eigenvalue weighted by Crippen LogP contribution is -2.49. The number of aromatic nitrogens is 1. The Balaban J connectivity index is 1.47. The molecule has 0 bridgehead atoms. The lowest BCUT2D eigenvalue weighted by Gasteiger charge is -2.35. The van der Waals surface area contributed by atoms with Crippen LogP contribution in [0.4, 0.5) is 10.2 Å².